The molecular formula is C13H17BrN2O3S. The molecule has 0 spiro atoms. The van der Waals surface area contributed by atoms with E-state index in [4.69, 9.17) is 5.11 Å². The smallest absolute Gasteiger partial charge is 0.335 e. The quantitative estimate of drug-likeness (QED) is 0.726. The van der Waals surface area contributed by atoms with Gasteiger partial charge in [-0.05, 0) is 59.5 Å². The van der Waals surface area contributed by atoms with Crippen LogP contribution in [0.15, 0.2) is 22.7 Å². The summed E-state index contributed by atoms with van der Waals surface area (Å²) in [6.07, 6.45) is 2.90. The Balaban J connectivity index is 2.65. The van der Waals surface area contributed by atoms with Crippen LogP contribution in [0.25, 0.3) is 0 Å². The summed E-state index contributed by atoms with van der Waals surface area (Å²) in [6, 6.07) is 4.19. The molecule has 7 heteroatoms. The molecule has 3 N–H and O–H groups in total. The van der Waals surface area contributed by atoms with E-state index in [1.165, 1.54) is 12.1 Å². The highest BCUT2D eigenvalue weighted by Crippen LogP contribution is 2.23. The van der Waals surface area contributed by atoms with E-state index >= 15 is 0 Å². The van der Waals surface area contributed by atoms with Gasteiger partial charge in [0.15, 0.2) is 0 Å². The molecule has 5 nitrogen and oxygen atoms in total. The van der Waals surface area contributed by atoms with E-state index in [0.29, 0.717) is 10.2 Å². The van der Waals surface area contributed by atoms with Crippen LogP contribution in [0.3, 0.4) is 0 Å². The van der Waals surface area contributed by atoms with Gasteiger partial charge in [0.25, 0.3) is 0 Å². The van der Waals surface area contributed by atoms with E-state index in [9.17, 15) is 9.59 Å². The Labute approximate surface area is 130 Å². The highest BCUT2D eigenvalue weighted by molar-refractivity contribution is 9.10. The van der Waals surface area contributed by atoms with Crippen LogP contribution in [0, 0.1) is 0 Å². The van der Waals surface area contributed by atoms with Gasteiger partial charge in [-0.3, -0.25) is 0 Å². The molecule has 0 saturated carbocycles. The summed E-state index contributed by atoms with van der Waals surface area (Å²) in [4.78, 5) is 22.7. The van der Waals surface area contributed by atoms with Crippen molar-refractivity contribution in [3.8, 4) is 0 Å². The van der Waals surface area contributed by atoms with Gasteiger partial charge in [-0.2, -0.15) is 11.8 Å². The van der Waals surface area contributed by atoms with E-state index in [1.54, 1.807) is 17.8 Å². The lowest BCUT2D eigenvalue weighted by Gasteiger charge is -2.15. The monoisotopic (exact) mass is 360 g/mol. The van der Waals surface area contributed by atoms with Crippen molar-refractivity contribution in [1.29, 1.82) is 0 Å². The summed E-state index contributed by atoms with van der Waals surface area (Å²) >= 11 is 5.00. The first-order chi connectivity index (χ1) is 9.43. The number of nitrogens with one attached hydrogen (secondary N) is 2. The lowest BCUT2D eigenvalue weighted by Crippen LogP contribution is -2.36. The number of anilines is 1. The van der Waals surface area contributed by atoms with Crippen molar-refractivity contribution in [1.82, 2.24) is 5.32 Å². The predicted octanol–water partition coefficient (Wildman–Crippen LogP) is 3.41. The molecule has 0 fully saturated rings. The van der Waals surface area contributed by atoms with Crippen molar-refractivity contribution in [3.63, 3.8) is 0 Å². The number of hydrogen-bond donors (Lipinski definition) is 3. The number of carboxylic acids is 1. The number of halogens is 1. The molecule has 2 amide bonds. The Morgan fingerprint density at radius 1 is 1.45 bits per heavy atom. The molecule has 110 valence electrons. The second-order valence-corrected chi connectivity index (χ2v) is 6.12. The van der Waals surface area contributed by atoms with Crippen LogP contribution in [0.5, 0.6) is 0 Å². The van der Waals surface area contributed by atoms with E-state index in [1.807, 2.05) is 13.2 Å². The SMILES string of the molecule is CSCCC(C)NC(=O)Nc1cc(C(=O)O)ccc1Br. The molecule has 0 aliphatic rings. The maximum atomic E-state index is 11.8. The van der Waals surface area contributed by atoms with Gasteiger partial charge in [-0.25, -0.2) is 9.59 Å². The number of thioether (sulfide) groups is 1. The molecular weight excluding hydrogens is 344 g/mol. The Morgan fingerprint density at radius 2 is 2.15 bits per heavy atom. The Hall–Kier alpha value is -1.21. The van der Waals surface area contributed by atoms with E-state index in [0.717, 1.165) is 12.2 Å². The van der Waals surface area contributed by atoms with Crippen molar-refractivity contribution < 1.29 is 14.7 Å². The van der Waals surface area contributed by atoms with Crippen LogP contribution in [0.2, 0.25) is 0 Å². The molecule has 20 heavy (non-hydrogen) atoms. The molecule has 0 aliphatic heterocycles. The Morgan fingerprint density at radius 3 is 2.75 bits per heavy atom. The van der Waals surface area contributed by atoms with Crippen molar-refractivity contribution in [2.45, 2.75) is 19.4 Å². The van der Waals surface area contributed by atoms with Gasteiger partial charge in [0, 0.05) is 10.5 Å². The first kappa shape index (κ1) is 16.8. The van der Waals surface area contributed by atoms with Gasteiger partial charge in [-0.15, -0.1) is 0 Å². The van der Waals surface area contributed by atoms with E-state index < -0.39 is 5.97 Å². The third kappa shape index (κ3) is 5.42. The number of rotatable bonds is 6. The van der Waals surface area contributed by atoms with E-state index in [-0.39, 0.29) is 17.6 Å². The standard InChI is InChI=1S/C13H17BrN2O3S/c1-8(5-6-20-2)15-13(19)16-11-7-9(12(17)18)3-4-10(11)14/h3-4,7-8H,5-6H2,1-2H3,(H,17,18)(H2,15,16,19). The predicted molar refractivity (Wildman–Crippen MR) is 85.7 cm³/mol. The van der Waals surface area contributed by atoms with Gasteiger partial charge in [0.2, 0.25) is 0 Å². The van der Waals surface area contributed by atoms with E-state index in [2.05, 4.69) is 26.6 Å². The molecule has 0 saturated heterocycles. The normalized spacial score (nSPS) is 11.8. The largest absolute Gasteiger partial charge is 0.478 e. The minimum Gasteiger partial charge on any atom is -0.478 e. The van der Waals surface area contributed by atoms with Crippen molar-refractivity contribution in [3.05, 3.63) is 28.2 Å². The maximum absolute atomic E-state index is 11.8. The number of aromatic carboxylic acids is 1. The number of benzene rings is 1. The fourth-order valence-electron chi connectivity index (χ4n) is 1.50. The maximum Gasteiger partial charge on any atom is 0.335 e. The average molecular weight is 361 g/mol. The fourth-order valence-corrected chi connectivity index (χ4v) is 2.44. The molecule has 1 aromatic carbocycles. The number of urea groups is 1. The average Bonchev–Trinajstić information content (AvgIpc) is 2.38. The molecule has 0 aromatic heterocycles. The van der Waals surface area contributed by atoms with Crippen LogP contribution in [-0.2, 0) is 0 Å². The summed E-state index contributed by atoms with van der Waals surface area (Å²) in [6.45, 7) is 1.93. The van der Waals surface area contributed by atoms with Gasteiger partial charge in [0.05, 0.1) is 11.3 Å². The van der Waals surface area contributed by atoms with Crippen LogP contribution in [0.4, 0.5) is 10.5 Å². The molecule has 1 aromatic rings. The summed E-state index contributed by atoms with van der Waals surface area (Å²) in [5.41, 5.74) is 0.554. The molecule has 1 atom stereocenters. The third-order valence-corrected chi connectivity index (χ3v) is 3.93. The van der Waals surface area contributed by atoms with Gasteiger partial charge in [0.1, 0.15) is 0 Å². The molecule has 0 radical (unpaired) electrons. The summed E-state index contributed by atoms with van der Waals surface area (Å²) in [5, 5.41) is 14.4. The molecule has 0 heterocycles. The summed E-state index contributed by atoms with van der Waals surface area (Å²) in [7, 11) is 0. The second kappa shape index (κ2) is 8.16. The minimum absolute atomic E-state index is 0.0591. The number of carbonyl (C=O) groups excluding carboxylic acids is 1. The molecule has 0 bridgehead atoms. The number of carbonyl (C=O) groups is 2. The lowest BCUT2D eigenvalue weighted by atomic mass is 10.2. The van der Waals surface area contributed by atoms with Crippen LogP contribution in [0.1, 0.15) is 23.7 Å². The number of carboxylic acid groups (broad SMARTS) is 1. The second-order valence-electron chi connectivity index (χ2n) is 4.28. The van der Waals surface area contributed by atoms with Crippen LogP contribution < -0.4 is 10.6 Å². The zero-order chi connectivity index (χ0) is 15.1. The van der Waals surface area contributed by atoms with Gasteiger partial charge in [-0.1, -0.05) is 0 Å². The first-order valence-electron chi connectivity index (χ1n) is 6.03. The zero-order valence-corrected chi connectivity index (χ0v) is 13.7. The van der Waals surface area contributed by atoms with Crippen LogP contribution >= 0.6 is 27.7 Å². The van der Waals surface area contributed by atoms with Gasteiger partial charge < -0.3 is 15.7 Å². The zero-order valence-electron chi connectivity index (χ0n) is 11.3. The van der Waals surface area contributed by atoms with Crippen molar-refractivity contribution >= 4 is 45.4 Å². The Kier molecular flexibility index (Phi) is 6.87. The molecule has 1 unspecified atom stereocenters. The first-order valence-corrected chi connectivity index (χ1v) is 8.22. The number of amides is 2. The highest BCUT2D eigenvalue weighted by atomic mass is 79.9. The topological polar surface area (TPSA) is 78.4 Å². The molecule has 0 aliphatic carbocycles. The summed E-state index contributed by atoms with van der Waals surface area (Å²) in [5.74, 6) is -0.0612. The van der Waals surface area contributed by atoms with Crippen molar-refractivity contribution in [2.24, 2.45) is 0 Å². The fraction of sp³-hybridized carbons (Fsp3) is 0.385. The highest BCUT2D eigenvalue weighted by Gasteiger charge is 2.11. The molecule has 1 rings (SSSR count). The third-order valence-electron chi connectivity index (χ3n) is 2.59. The van der Waals surface area contributed by atoms with Crippen LogP contribution in [-0.4, -0.2) is 35.2 Å². The number of hydrogen-bond acceptors (Lipinski definition) is 3. The van der Waals surface area contributed by atoms with Gasteiger partial charge >= 0.3 is 12.0 Å². The lowest BCUT2D eigenvalue weighted by molar-refractivity contribution is 0.0697. The minimum atomic E-state index is -1.03. The Bertz CT molecular complexity index is 497. The van der Waals surface area contributed by atoms with Crippen molar-refractivity contribution in [2.75, 3.05) is 17.3 Å². The summed E-state index contributed by atoms with van der Waals surface area (Å²) < 4.78 is 0.634.